The van der Waals surface area contributed by atoms with Crippen molar-refractivity contribution >= 4 is 6.03 Å². The number of hydrazine groups is 1. The molecule has 4 N–H and O–H groups in total. The maximum Gasteiger partial charge on any atom is 0.315 e. The topological polar surface area (TPSA) is 87.3 Å². The van der Waals surface area contributed by atoms with Crippen LogP contribution in [-0.4, -0.2) is 36.3 Å². The summed E-state index contributed by atoms with van der Waals surface area (Å²) in [7, 11) is 0. The number of urea groups is 1. The molecule has 1 aromatic rings. The standard InChI is InChI=1S/C15H23N5O2/c21-15(20-12-9-18-19-10-12)17-8-11-4-3-7-16-14(11)22-13-5-1-2-6-13/h3-4,7,12-13,18-19H,1-2,5-6,8-10H2,(H2,17,20,21). The zero-order valence-corrected chi connectivity index (χ0v) is 12.6. The van der Waals surface area contributed by atoms with Crippen molar-refractivity contribution < 1.29 is 9.53 Å². The SMILES string of the molecule is O=C(NCc1cccnc1OC1CCCC1)NC1CNNC1. The van der Waals surface area contributed by atoms with E-state index in [1.807, 2.05) is 12.1 Å². The number of hydrogen-bond acceptors (Lipinski definition) is 5. The van der Waals surface area contributed by atoms with E-state index in [0.717, 1.165) is 31.5 Å². The first-order valence-corrected chi connectivity index (χ1v) is 7.92. The zero-order valence-electron chi connectivity index (χ0n) is 12.6. The Morgan fingerprint density at radius 2 is 2.09 bits per heavy atom. The summed E-state index contributed by atoms with van der Waals surface area (Å²) < 4.78 is 5.97. The fourth-order valence-corrected chi connectivity index (χ4v) is 2.81. The first-order chi connectivity index (χ1) is 10.8. The lowest BCUT2D eigenvalue weighted by Gasteiger charge is -2.16. The highest BCUT2D eigenvalue weighted by atomic mass is 16.5. The fraction of sp³-hybridized carbons (Fsp3) is 0.600. The van der Waals surface area contributed by atoms with Crippen LogP contribution in [0.4, 0.5) is 4.79 Å². The Bertz CT molecular complexity index is 498. The van der Waals surface area contributed by atoms with Crippen molar-refractivity contribution in [1.82, 2.24) is 26.5 Å². The molecule has 7 nitrogen and oxygen atoms in total. The van der Waals surface area contributed by atoms with Crippen LogP contribution < -0.4 is 26.2 Å². The molecule has 0 aromatic carbocycles. The molecule has 1 aliphatic carbocycles. The number of nitrogens with zero attached hydrogens (tertiary/aromatic N) is 1. The summed E-state index contributed by atoms with van der Waals surface area (Å²) in [4.78, 5) is 16.2. The zero-order chi connectivity index (χ0) is 15.2. The Labute approximate surface area is 130 Å². The maximum atomic E-state index is 11.9. The average molecular weight is 305 g/mol. The van der Waals surface area contributed by atoms with Crippen molar-refractivity contribution in [1.29, 1.82) is 0 Å². The fourth-order valence-electron chi connectivity index (χ4n) is 2.81. The minimum Gasteiger partial charge on any atom is -0.474 e. The van der Waals surface area contributed by atoms with Crippen molar-refractivity contribution in [2.45, 2.75) is 44.4 Å². The Morgan fingerprint density at radius 1 is 1.32 bits per heavy atom. The second-order valence-corrected chi connectivity index (χ2v) is 5.78. The largest absolute Gasteiger partial charge is 0.474 e. The molecule has 22 heavy (non-hydrogen) atoms. The number of carbonyl (C=O) groups is 1. The number of amides is 2. The minimum absolute atomic E-state index is 0.114. The van der Waals surface area contributed by atoms with Gasteiger partial charge in [-0.1, -0.05) is 6.07 Å². The average Bonchev–Trinajstić information content (AvgIpc) is 3.20. The molecule has 0 spiro atoms. The molecule has 2 heterocycles. The van der Waals surface area contributed by atoms with Crippen LogP contribution in [0.15, 0.2) is 18.3 Å². The van der Waals surface area contributed by atoms with E-state index in [1.165, 1.54) is 12.8 Å². The predicted octanol–water partition coefficient (Wildman–Crippen LogP) is 0.679. The predicted molar refractivity (Wildman–Crippen MR) is 82.3 cm³/mol. The molecule has 0 unspecified atom stereocenters. The molecule has 0 radical (unpaired) electrons. The molecular weight excluding hydrogens is 282 g/mol. The number of nitrogens with one attached hydrogen (secondary N) is 4. The van der Waals surface area contributed by atoms with E-state index >= 15 is 0 Å². The minimum atomic E-state index is -0.175. The van der Waals surface area contributed by atoms with Crippen molar-refractivity contribution in [2.75, 3.05) is 13.1 Å². The molecular formula is C15H23N5O2. The van der Waals surface area contributed by atoms with Gasteiger partial charge in [0.2, 0.25) is 5.88 Å². The van der Waals surface area contributed by atoms with Gasteiger partial charge in [0.25, 0.3) is 0 Å². The van der Waals surface area contributed by atoms with Gasteiger partial charge in [0, 0.05) is 31.4 Å². The second-order valence-electron chi connectivity index (χ2n) is 5.78. The van der Waals surface area contributed by atoms with E-state index in [0.29, 0.717) is 12.4 Å². The highest BCUT2D eigenvalue weighted by Crippen LogP contribution is 2.24. The van der Waals surface area contributed by atoms with Gasteiger partial charge in [-0.25, -0.2) is 9.78 Å². The molecule has 0 bridgehead atoms. The molecule has 3 rings (SSSR count). The van der Waals surface area contributed by atoms with Crippen LogP contribution >= 0.6 is 0 Å². The van der Waals surface area contributed by atoms with Gasteiger partial charge >= 0.3 is 6.03 Å². The summed E-state index contributed by atoms with van der Waals surface area (Å²) in [6, 6.07) is 3.74. The summed E-state index contributed by atoms with van der Waals surface area (Å²) in [5.41, 5.74) is 6.87. The van der Waals surface area contributed by atoms with Crippen molar-refractivity contribution in [3.05, 3.63) is 23.9 Å². The molecule has 2 aliphatic rings. The van der Waals surface area contributed by atoms with Gasteiger partial charge in [0.15, 0.2) is 0 Å². The second kappa shape index (κ2) is 7.42. The molecule has 1 aromatic heterocycles. The van der Waals surface area contributed by atoms with E-state index < -0.39 is 0 Å². The first kappa shape index (κ1) is 15.1. The lowest BCUT2D eigenvalue weighted by molar-refractivity contribution is 0.198. The number of aromatic nitrogens is 1. The molecule has 1 saturated carbocycles. The van der Waals surface area contributed by atoms with E-state index in [-0.39, 0.29) is 18.2 Å². The van der Waals surface area contributed by atoms with E-state index in [2.05, 4.69) is 26.5 Å². The van der Waals surface area contributed by atoms with E-state index in [9.17, 15) is 4.79 Å². The third-order valence-corrected chi connectivity index (χ3v) is 4.03. The molecule has 2 amide bonds. The lowest BCUT2D eigenvalue weighted by atomic mass is 10.2. The van der Waals surface area contributed by atoms with Gasteiger partial charge in [-0.05, 0) is 31.7 Å². The molecule has 7 heteroatoms. The van der Waals surface area contributed by atoms with Crippen LogP contribution in [0.1, 0.15) is 31.2 Å². The van der Waals surface area contributed by atoms with E-state index in [1.54, 1.807) is 6.20 Å². The Balaban J connectivity index is 1.51. The summed E-state index contributed by atoms with van der Waals surface area (Å²) >= 11 is 0. The highest BCUT2D eigenvalue weighted by molar-refractivity contribution is 5.74. The number of hydrogen-bond donors (Lipinski definition) is 4. The number of pyridine rings is 1. The quantitative estimate of drug-likeness (QED) is 0.642. The Kier molecular flexibility index (Phi) is 5.07. The normalized spacial score (nSPS) is 19.3. The third-order valence-electron chi connectivity index (χ3n) is 4.03. The van der Waals surface area contributed by atoms with Crippen LogP contribution in [0.2, 0.25) is 0 Å². The summed E-state index contributed by atoms with van der Waals surface area (Å²) in [6.07, 6.45) is 6.60. The maximum absolute atomic E-state index is 11.9. The smallest absolute Gasteiger partial charge is 0.315 e. The van der Waals surface area contributed by atoms with Crippen molar-refractivity contribution in [3.63, 3.8) is 0 Å². The van der Waals surface area contributed by atoms with Crippen LogP contribution in [0.3, 0.4) is 0 Å². The van der Waals surface area contributed by atoms with Crippen LogP contribution in [0.5, 0.6) is 5.88 Å². The molecule has 1 aliphatic heterocycles. The number of rotatable bonds is 5. The Morgan fingerprint density at radius 3 is 2.86 bits per heavy atom. The molecule has 120 valence electrons. The third kappa shape index (κ3) is 4.08. The number of carbonyl (C=O) groups excluding carboxylic acids is 1. The molecule has 0 atom stereocenters. The van der Waals surface area contributed by atoms with Crippen molar-refractivity contribution in [3.8, 4) is 5.88 Å². The van der Waals surface area contributed by atoms with Gasteiger partial charge in [0.1, 0.15) is 6.10 Å². The monoisotopic (exact) mass is 305 g/mol. The summed E-state index contributed by atoms with van der Waals surface area (Å²) in [5.74, 6) is 0.638. The first-order valence-electron chi connectivity index (χ1n) is 7.92. The van der Waals surface area contributed by atoms with E-state index in [4.69, 9.17) is 4.74 Å². The summed E-state index contributed by atoms with van der Waals surface area (Å²) in [6.45, 7) is 1.88. The van der Waals surface area contributed by atoms with Gasteiger partial charge in [-0.3, -0.25) is 10.9 Å². The summed E-state index contributed by atoms with van der Waals surface area (Å²) in [5, 5.41) is 5.77. The number of ether oxygens (including phenoxy) is 1. The Hall–Kier alpha value is -1.86. The van der Waals surface area contributed by atoms with Crippen molar-refractivity contribution in [2.24, 2.45) is 0 Å². The van der Waals surface area contributed by atoms with Gasteiger partial charge in [-0.15, -0.1) is 0 Å². The van der Waals surface area contributed by atoms with Crippen LogP contribution in [0, 0.1) is 0 Å². The highest BCUT2D eigenvalue weighted by Gasteiger charge is 2.19. The van der Waals surface area contributed by atoms with Gasteiger partial charge in [-0.2, -0.15) is 0 Å². The van der Waals surface area contributed by atoms with Crippen LogP contribution in [0.25, 0.3) is 0 Å². The van der Waals surface area contributed by atoms with Gasteiger partial charge in [0.05, 0.1) is 6.04 Å². The van der Waals surface area contributed by atoms with Gasteiger partial charge < -0.3 is 15.4 Å². The van der Waals surface area contributed by atoms with Crippen LogP contribution in [-0.2, 0) is 6.54 Å². The molecule has 2 fully saturated rings. The molecule has 1 saturated heterocycles. The lowest BCUT2D eigenvalue weighted by Crippen LogP contribution is -2.44.